The Morgan fingerprint density at radius 2 is 2.00 bits per heavy atom. The smallest absolute Gasteiger partial charge is 0.416 e. The molecule has 0 aliphatic carbocycles. The van der Waals surface area contributed by atoms with Crippen LogP contribution in [0.5, 0.6) is 0 Å². The molecule has 1 N–H and O–H groups in total. The van der Waals surface area contributed by atoms with Crippen LogP contribution in [0.1, 0.15) is 5.56 Å². The third-order valence-electron chi connectivity index (χ3n) is 3.02. The molecule has 0 aliphatic heterocycles. The van der Waals surface area contributed by atoms with Crippen molar-refractivity contribution in [3.63, 3.8) is 0 Å². The van der Waals surface area contributed by atoms with Gasteiger partial charge in [-0.3, -0.25) is 14.3 Å². The molecule has 0 amide bonds. The molecule has 0 bridgehead atoms. The van der Waals surface area contributed by atoms with Crippen LogP contribution in [-0.4, -0.2) is 31.4 Å². The minimum absolute atomic E-state index is 0.0833. The molecule has 0 unspecified atom stereocenters. The number of benzene rings is 1. The number of fused-ring (bicyclic) bond motifs is 1. The Morgan fingerprint density at radius 1 is 1.32 bits per heavy atom. The molecular formula is C15H11BrF3N3O2S. The van der Waals surface area contributed by atoms with Crippen LogP contribution in [0.4, 0.5) is 13.2 Å². The molecule has 5 nitrogen and oxygen atoms in total. The highest BCUT2D eigenvalue weighted by molar-refractivity contribution is 9.10. The van der Waals surface area contributed by atoms with Gasteiger partial charge in [0.2, 0.25) is 0 Å². The normalized spacial score (nSPS) is 11.1. The molecule has 0 radical (unpaired) electrons. The van der Waals surface area contributed by atoms with Crippen LogP contribution < -0.4 is 0 Å². The summed E-state index contributed by atoms with van der Waals surface area (Å²) in [5.74, 6) is -0.504. The van der Waals surface area contributed by atoms with Crippen LogP contribution in [0.15, 0.2) is 47.5 Å². The monoisotopic (exact) mass is 433 g/mol. The Morgan fingerprint density at radius 3 is 2.52 bits per heavy atom. The molecule has 0 saturated heterocycles. The van der Waals surface area contributed by atoms with Crippen molar-refractivity contribution >= 4 is 45.4 Å². The van der Waals surface area contributed by atoms with E-state index in [2.05, 4.69) is 38.5 Å². The molecule has 132 valence electrons. The number of rotatable bonds is 2. The predicted octanol–water partition coefficient (Wildman–Crippen LogP) is 4.20. The Hall–Kier alpha value is -2.07. The second kappa shape index (κ2) is 7.87. The molecule has 0 saturated carbocycles. The van der Waals surface area contributed by atoms with Gasteiger partial charge in [-0.1, -0.05) is 6.07 Å². The summed E-state index contributed by atoms with van der Waals surface area (Å²) in [6.07, 6.45) is 1.78. The summed E-state index contributed by atoms with van der Waals surface area (Å²) in [5.41, 5.74) is -0.270. The minimum Gasteiger partial charge on any atom is -0.481 e. The van der Waals surface area contributed by atoms with Gasteiger partial charge in [0.15, 0.2) is 5.82 Å². The number of thiol groups is 1. The molecule has 10 heteroatoms. The highest BCUT2D eigenvalue weighted by Gasteiger charge is 2.31. The summed E-state index contributed by atoms with van der Waals surface area (Å²) in [6.45, 7) is 0. The molecule has 0 fully saturated rings. The molecule has 25 heavy (non-hydrogen) atoms. The zero-order valence-electron chi connectivity index (χ0n) is 12.4. The van der Waals surface area contributed by atoms with E-state index in [0.717, 1.165) is 12.1 Å². The van der Waals surface area contributed by atoms with Gasteiger partial charge in [-0.15, -0.1) is 0 Å². The highest BCUT2D eigenvalue weighted by Crippen LogP contribution is 2.35. The fraction of sp³-hybridized carbons (Fsp3) is 0.133. The fourth-order valence-electron chi connectivity index (χ4n) is 1.97. The fourth-order valence-corrected chi connectivity index (χ4v) is 2.51. The maximum Gasteiger partial charge on any atom is 0.416 e. The number of aliphatic carboxylic acids is 1. The molecule has 0 aliphatic rings. The lowest BCUT2D eigenvalue weighted by Crippen LogP contribution is -2.05. The van der Waals surface area contributed by atoms with Gasteiger partial charge in [-0.2, -0.15) is 25.8 Å². The van der Waals surface area contributed by atoms with Gasteiger partial charge >= 0.3 is 12.1 Å². The van der Waals surface area contributed by atoms with Gasteiger partial charge in [0.05, 0.1) is 23.0 Å². The van der Waals surface area contributed by atoms with Crippen molar-refractivity contribution in [1.29, 1.82) is 0 Å². The van der Waals surface area contributed by atoms with Crippen LogP contribution in [0.25, 0.3) is 16.7 Å². The largest absolute Gasteiger partial charge is 0.481 e. The van der Waals surface area contributed by atoms with Gasteiger partial charge in [-0.25, -0.2) is 4.98 Å². The van der Waals surface area contributed by atoms with Crippen LogP contribution in [-0.2, 0) is 11.0 Å². The lowest BCUT2D eigenvalue weighted by atomic mass is 10.1. The summed E-state index contributed by atoms with van der Waals surface area (Å²) in [7, 11) is 0. The van der Waals surface area contributed by atoms with E-state index in [1.165, 1.54) is 24.7 Å². The Kier molecular flexibility index (Phi) is 6.07. The first-order chi connectivity index (χ1) is 11.7. The predicted molar refractivity (Wildman–Crippen MR) is 93.1 cm³/mol. The third kappa shape index (κ3) is 4.73. The van der Waals surface area contributed by atoms with E-state index in [-0.39, 0.29) is 5.75 Å². The van der Waals surface area contributed by atoms with E-state index >= 15 is 0 Å². The maximum absolute atomic E-state index is 12.8. The zero-order valence-corrected chi connectivity index (χ0v) is 14.9. The molecule has 3 rings (SSSR count). The minimum atomic E-state index is -4.38. The number of nitrogens with zero attached hydrogens (tertiary/aromatic N) is 3. The van der Waals surface area contributed by atoms with Crippen molar-refractivity contribution in [3.8, 4) is 5.82 Å². The number of alkyl halides is 3. The van der Waals surface area contributed by atoms with Gasteiger partial charge in [0, 0.05) is 28.4 Å². The molecule has 0 atom stereocenters. The lowest BCUT2D eigenvalue weighted by molar-refractivity contribution is -0.137. The van der Waals surface area contributed by atoms with E-state index in [0.29, 0.717) is 21.2 Å². The van der Waals surface area contributed by atoms with Crippen LogP contribution in [0.2, 0.25) is 0 Å². The second-order valence-electron chi connectivity index (χ2n) is 4.69. The Balaban J connectivity index is 0.000000399. The number of halogens is 4. The Bertz CT molecular complexity index is 885. The average Bonchev–Trinajstić information content (AvgIpc) is 2.92. The molecule has 3 aromatic rings. The van der Waals surface area contributed by atoms with Crippen LogP contribution in [0, 0.1) is 0 Å². The topological polar surface area (TPSA) is 68.0 Å². The van der Waals surface area contributed by atoms with Gasteiger partial charge in [0.25, 0.3) is 0 Å². The lowest BCUT2D eigenvalue weighted by Gasteiger charge is -2.08. The standard InChI is InChI=1S/C13H7BrF3N3.C2H4O2S/c14-10-7-20(12-6-18-3-4-19-12)11-5-8(13(15,16)17)1-2-9(10)11;3-2(4)1-5/h1-7H;5H,1H2,(H,3,4). The molecule has 2 heterocycles. The first-order valence-corrected chi connectivity index (χ1v) is 8.13. The van der Waals surface area contributed by atoms with Crippen molar-refractivity contribution < 1.29 is 23.1 Å². The zero-order chi connectivity index (χ0) is 18.6. The van der Waals surface area contributed by atoms with E-state index in [1.807, 2.05) is 0 Å². The van der Waals surface area contributed by atoms with Gasteiger partial charge < -0.3 is 5.11 Å². The van der Waals surface area contributed by atoms with E-state index in [4.69, 9.17) is 5.11 Å². The molecule has 1 aromatic carbocycles. The number of carboxylic acid groups (broad SMARTS) is 1. The number of hydrogen-bond acceptors (Lipinski definition) is 4. The van der Waals surface area contributed by atoms with Crippen molar-refractivity contribution in [3.05, 3.63) is 53.0 Å². The first kappa shape index (κ1) is 19.3. The summed E-state index contributed by atoms with van der Waals surface area (Å²) < 4.78 is 40.7. The maximum atomic E-state index is 12.8. The number of hydrogen-bond donors (Lipinski definition) is 2. The highest BCUT2D eigenvalue weighted by atomic mass is 79.9. The summed E-state index contributed by atoms with van der Waals surface area (Å²) in [6, 6.07) is 3.61. The first-order valence-electron chi connectivity index (χ1n) is 6.71. The SMILES string of the molecule is FC(F)(F)c1ccc2c(Br)cn(-c3cnccn3)c2c1.O=C(O)CS. The summed E-state index contributed by atoms with van der Waals surface area (Å²) in [5, 5.41) is 8.33. The van der Waals surface area contributed by atoms with Crippen molar-refractivity contribution in [1.82, 2.24) is 14.5 Å². The number of aromatic nitrogens is 3. The molecule has 0 spiro atoms. The van der Waals surface area contributed by atoms with Gasteiger partial charge in [-0.05, 0) is 28.1 Å². The van der Waals surface area contributed by atoms with Crippen LogP contribution in [0.3, 0.4) is 0 Å². The summed E-state index contributed by atoms with van der Waals surface area (Å²) in [4.78, 5) is 17.3. The second-order valence-corrected chi connectivity index (χ2v) is 5.86. The van der Waals surface area contributed by atoms with E-state index in [9.17, 15) is 18.0 Å². The van der Waals surface area contributed by atoms with Crippen LogP contribution >= 0.6 is 28.6 Å². The third-order valence-corrected chi connectivity index (χ3v) is 3.92. The van der Waals surface area contributed by atoms with Crippen molar-refractivity contribution in [2.75, 3.05) is 5.75 Å². The average molecular weight is 434 g/mol. The molecular weight excluding hydrogens is 423 g/mol. The van der Waals surface area contributed by atoms with Crippen molar-refractivity contribution in [2.24, 2.45) is 0 Å². The number of carboxylic acids is 1. The number of carbonyl (C=O) groups is 1. The van der Waals surface area contributed by atoms with E-state index < -0.39 is 17.7 Å². The quantitative estimate of drug-likeness (QED) is 0.594. The molecule has 2 aromatic heterocycles. The van der Waals surface area contributed by atoms with Gasteiger partial charge in [0.1, 0.15) is 0 Å². The Labute approximate surface area is 154 Å². The van der Waals surface area contributed by atoms with E-state index in [1.54, 1.807) is 10.8 Å². The summed E-state index contributed by atoms with van der Waals surface area (Å²) >= 11 is 6.76. The van der Waals surface area contributed by atoms with Crippen molar-refractivity contribution in [2.45, 2.75) is 6.18 Å².